The molecule has 138 valence electrons. The Balaban J connectivity index is 1.79. The number of benzene rings is 2. The minimum atomic E-state index is -2.94. The van der Waals surface area contributed by atoms with Crippen LogP contribution in [0.4, 0.5) is 8.78 Å². The van der Waals surface area contributed by atoms with Crippen LogP contribution in [0, 0.1) is 0 Å². The number of amides is 1. The van der Waals surface area contributed by atoms with Crippen LogP contribution in [0.2, 0.25) is 0 Å². The van der Waals surface area contributed by atoms with Gasteiger partial charge in [-0.25, -0.2) is 0 Å². The first-order chi connectivity index (χ1) is 12.6. The number of carbonyl (C=O) groups is 1. The van der Waals surface area contributed by atoms with Crippen molar-refractivity contribution < 1.29 is 27.9 Å². The van der Waals surface area contributed by atoms with Crippen molar-refractivity contribution in [2.45, 2.75) is 13.2 Å². The maximum atomic E-state index is 12.3. The first kappa shape index (κ1) is 19.2. The first-order valence-corrected chi connectivity index (χ1v) is 7.67. The van der Waals surface area contributed by atoms with E-state index >= 15 is 0 Å². The fraction of sp³-hybridized carbons (Fsp3) is 0.222. The highest BCUT2D eigenvalue weighted by molar-refractivity contribution is 5.81. The van der Waals surface area contributed by atoms with Gasteiger partial charge >= 0.3 is 6.61 Å². The van der Waals surface area contributed by atoms with Crippen molar-refractivity contribution in [2.24, 2.45) is 5.16 Å². The van der Waals surface area contributed by atoms with E-state index in [0.717, 1.165) is 5.56 Å². The lowest BCUT2D eigenvalue weighted by molar-refractivity contribution is -0.125. The number of halogens is 2. The van der Waals surface area contributed by atoms with Crippen molar-refractivity contribution in [1.82, 2.24) is 5.32 Å². The van der Waals surface area contributed by atoms with Gasteiger partial charge in [0.05, 0.1) is 13.3 Å². The average molecular weight is 364 g/mol. The monoisotopic (exact) mass is 364 g/mol. The second-order valence-electron chi connectivity index (χ2n) is 5.06. The van der Waals surface area contributed by atoms with Gasteiger partial charge in [-0.15, -0.1) is 0 Å². The standard InChI is InChI=1S/C18H18F2N2O4/c1-24-16-9-14(7-8-15(16)26-18(19)20)11-22-25-12-17(23)21-10-13-5-3-2-4-6-13/h2-9,11,18H,10,12H2,1H3,(H,21,23)/b22-11-. The molecule has 0 saturated carbocycles. The van der Waals surface area contributed by atoms with Gasteiger partial charge in [-0.2, -0.15) is 8.78 Å². The van der Waals surface area contributed by atoms with Crippen LogP contribution >= 0.6 is 0 Å². The van der Waals surface area contributed by atoms with Crippen LogP contribution in [-0.4, -0.2) is 32.4 Å². The quantitative estimate of drug-likeness (QED) is 0.549. The number of rotatable bonds is 9. The van der Waals surface area contributed by atoms with Crippen LogP contribution in [0.25, 0.3) is 0 Å². The third-order valence-electron chi connectivity index (χ3n) is 3.21. The molecule has 0 bridgehead atoms. The Kier molecular flexibility index (Phi) is 7.35. The second kappa shape index (κ2) is 9.97. The predicted octanol–water partition coefficient (Wildman–Crippen LogP) is 2.96. The lowest BCUT2D eigenvalue weighted by Gasteiger charge is -2.09. The molecule has 0 fully saturated rings. The molecule has 0 aliphatic rings. The summed E-state index contributed by atoms with van der Waals surface area (Å²) in [5, 5.41) is 6.37. The zero-order chi connectivity index (χ0) is 18.8. The lowest BCUT2D eigenvalue weighted by atomic mass is 10.2. The Morgan fingerprint density at radius 3 is 2.65 bits per heavy atom. The summed E-state index contributed by atoms with van der Waals surface area (Å²) in [6.45, 7) is -2.79. The molecule has 6 nitrogen and oxygen atoms in total. The molecule has 26 heavy (non-hydrogen) atoms. The summed E-state index contributed by atoms with van der Waals surface area (Å²) < 4.78 is 33.8. The Morgan fingerprint density at radius 1 is 1.19 bits per heavy atom. The summed E-state index contributed by atoms with van der Waals surface area (Å²) in [4.78, 5) is 16.6. The Bertz CT molecular complexity index is 739. The van der Waals surface area contributed by atoms with Gasteiger partial charge in [0.1, 0.15) is 0 Å². The minimum Gasteiger partial charge on any atom is -0.493 e. The van der Waals surface area contributed by atoms with Gasteiger partial charge in [-0.1, -0.05) is 35.5 Å². The highest BCUT2D eigenvalue weighted by Crippen LogP contribution is 2.28. The van der Waals surface area contributed by atoms with E-state index in [-0.39, 0.29) is 24.0 Å². The molecule has 0 unspecified atom stereocenters. The number of nitrogens with zero attached hydrogens (tertiary/aromatic N) is 1. The number of nitrogens with one attached hydrogen (secondary N) is 1. The van der Waals surface area contributed by atoms with Gasteiger partial charge in [0.15, 0.2) is 18.1 Å². The number of ether oxygens (including phenoxy) is 2. The molecule has 1 N–H and O–H groups in total. The maximum absolute atomic E-state index is 12.3. The molecular weight excluding hydrogens is 346 g/mol. The van der Waals surface area contributed by atoms with Gasteiger partial charge < -0.3 is 19.6 Å². The summed E-state index contributed by atoms with van der Waals surface area (Å²) in [6.07, 6.45) is 1.33. The molecule has 1 amide bonds. The van der Waals surface area contributed by atoms with E-state index in [1.165, 1.54) is 31.5 Å². The van der Waals surface area contributed by atoms with Gasteiger partial charge in [-0.05, 0) is 23.8 Å². The van der Waals surface area contributed by atoms with Crippen LogP contribution in [0.3, 0.4) is 0 Å². The molecule has 0 aliphatic heterocycles. The van der Waals surface area contributed by atoms with Crippen LogP contribution in [0.1, 0.15) is 11.1 Å². The van der Waals surface area contributed by atoms with Crippen molar-refractivity contribution in [1.29, 1.82) is 0 Å². The summed E-state index contributed by atoms with van der Waals surface area (Å²) >= 11 is 0. The third kappa shape index (κ3) is 6.39. The number of carbonyl (C=O) groups excluding carboxylic acids is 1. The normalized spacial score (nSPS) is 10.8. The van der Waals surface area contributed by atoms with Crippen molar-refractivity contribution in [3.63, 3.8) is 0 Å². The van der Waals surface area contributed by atoms with Crippen molar-refractivity contribution in [3.05, 3.63) is 59.7 Å². The fourth-order valence-corrected chi connectivity index (χ4v) is 2.00. The number of hydrogen-bond donors (Lipinski definition) is 1. The van der Waals surface area contributed by atoms with Crippen molar-refractivity contribution >= 4 is 12.1 Å². The SMILES string of the molecule is COc1cc(/C=N\OCC(=O)NCc2ccccc2)ccc1OC(F)F. The average Bonchev–Trinajstić information content (AvgIpc) is 2.65. The lowest BCUT2D eigenvalue weighted by Crippen LogP contribution is -2.26. The van der Waals surface area contributed by atoms with E-state index in [4.69, 9.17) is 9.57 Å². The summed E-state index contributed by atoms with van der Waals surface area (Å²) in [5.74, 6) is -0.264. The highest BCUT2D eigenvalue weighted by atomic mass is 19.3. The van der Waals surface area contributed by atoms with E-state index in [1.54, 1.807) is 0 Å². The molecular formula is C18H18F2N2O4. The van der Waals surface area contributed by atoms with E-state index in [2.05, 4.69) is 15.2 Å². The zero-order valence-electron chi connectivity index (χ0n) is 14.0. The molecule has 0 atom stereocenters. The molecule has 0 spiro atoms. The molecule has 0 heterocycles. The largest absolute Gasteiger partial charge is 0.493 e. The maximum Gasteiger partial charge on any atom is 0.387 e. The van der Waals surface area contributed by atoms with E-state index in [9.17, 15) is 13.6 Å². The zero-order valence-corrected chi connectivity index (χ0v) is 14.0. The number of methoxy groups -OCH3 is 1. The summed E-state index contributed by atoms with van der Waals surface area (Å²) in [7, 11) is 1.34. The van der Waals surface area contributed by atoms with E-state index in [0.29, 0.717) is 12.1 Å². The Morgan fingerprint density at radius 2 is 1.96 bits per heavy atom. The van der Waals surface area contributed by atoms with Crippen molar-refractivity contribution in [3.8, 4) is 11.5 Å². The summed E-state index contributed by atoms with van der Waals surface area (Å²) in [5.41, 5.74) is 1.51. The molecule has 0 radical (unpaired) electrons. The second-order valence-corrected chi connectivity index (χ2v) is 5.06. The Labute approximate surface area is 149 Å². The Hall–Kier alpha value is -3.16. The van der Waals surface area contributed by atoms with Crippen molar-refractivity contribution in [2.75, 3.05) is 13.7 Å². The molecule has 0 saturated heterocycles. The molecule has 8 heteroatoms. The van der Waals surface area contributed by atoms with E-state index < -0.39 is 6.61 Å². The van der Waals surface area contributed by atoms with Gasteiger partial charge in [0.25, 0.3) is 5.91 Å². The third-order valence-corrected chi connectivity index (χ3v) is 3.21. The smallest absolute Gasteiger partial charge is 0.387 e. The van der Waals surface area contributed by atoms with Gasteiger partial charge in [-0.3, -0.25) is 4.79 Å². The predicted molar refractivity (Wildman–Crippen MR) is 91.5 cm³/mol. The number of hydrogen-bond acceptors (Lipinski definition) is 5. The van der Waals surface area contributed by atoms with Crippen LogP contribution in [0.5, 0.6) is 11.5 Å². The topological polar surface area (TPSA) is 69.2 Å². The summed E-state index contributed by atoms with van der Waals surface area (Å²) in [6, 6.07) is 13.7. The van der Waals surface area contributed by atoms with Crippen LogP contribution in [-0.2, 0) is 16.2 Å². The van der Waals surface area contributed by atoms with Gasteiger partial charge in [0.2, 0.25) is 0 Å². The highest BCUT2D eigenvalue weighted by Gasteiger charge is 2.10. The molecule has 2 rings (SSSR count). The van der Waals surface area contributed by atoms with E-state index in [1.807, 2.05) is 30.3 Å². The number of oxime groups is 1. The molecule has 0 aromatic heterocycles. The molecule has 0 aliphatic carbocycles. The molecule has 2 aromatic rings. The van der Waals surface area contributed by atoms with Crippen LogP contribution < -0.4 is 14.8 Å². The number of alkyl halides is 2. The van der Waals surface area contributed by atoms with Crippen LogP contribution in [0.15, 0.2) is 53.7 Å². The first-order valence-electron chi connectivity index (χ1n) is 7.67. The van der Waals surface area contributed by atoms with Gasteiger partial charge in [0, 0.05) is 12.1 Å². The fourth-order valence-electron chi connectivity index (χ4n) is 2.00. The minimum absolute atomic E-state index is 0.0825. The molecule has 2 aromatic carbocycles.